The Morgan fingerprint density at radius 2 is 2.37 bits per heavy atom. The maximum atomic E-state index is 11.2. The van der Waals surface area contributed by atoms with Crippen molar-refractivity contribution in [3.8, 4) is 5.75 Å². The fourth-order valence-electron chi connectivity index (χ4n) is 2.24. The molecule has 0 saturated carbocycles. The molecule has 0 amide bonds. The van der Waals surface area contributed by atoms with Crippen molar-refractivity contribution in [2.45, 2.75) is 32.3 Å². The van der Waals surface area contributed by atoms with Crippen LogP contribution in [0.1, 0.15) is 35.2 Å². The van der Waals surface area contributed by atoms with E-state index in [1.165, 1.54) is 0 Å². The number of hydrogen-bond acceptors (Lipinski definition) is 3. The fraction of sp³-hybridized carbons (Fsp3) is 0.500. The van der Waals surface area contributed by atoms with E-state index in [2.05, 4.69) is 15.9 Å². The molecule has 1 aromatic rings. The number of carboxylic acid groups (broad SMARTS) is 1. The summed E-state index contributed by atoms with van der Waals surface area (Å²) < 4.78 is 11.9. The zero-order chi connectivity index (χ0) is 13.8. The molecule has 19 heavy (non-hydrogen) atoms. The number of rotatable bonds is 5. The Balaban J connectivity index is 2.03. The third-order valence-electron chi connectivity index (χ3n) is 3.18. The highest BCUT2D eigenvalue weighted by molar-refractivity contribution is 9.10. The van der Waals surface area contributed by atoms with Crippen LogP contribution in [0, 0.1) is 6.92 Å². The molecule has 1 aromatic carbocycles. The van der Waals surface area contributed by atoms with Gasteiger partial charge in [-0.2, -0.15) is 0 Å². The summed E-state index contributed by atoms with van der Waals surface area (Å²) >= 11 is 3.30. The third-order valence-corrected chi connectivity index (χ3v) is 3.64. The van der Waals surface area contributed by atoms with Gasteiger partial charge >= 0.3 is 5.97 Å². The summed E-state index contributed by atoms with van der Waals surface area (Å²) in [4.78, 5) is 11.2. The summed E-state index contributed by atoms with van der Waals surface area (Å²) in [5.41, 5.74) is 1.01. The second-order valence-corrected chi connectivity index (χ2v) is 5.59. The Morgan fingerprint density at radius 3 is 3.00 bits per heavy atom. The molecule has 104 valence electrons. The van der Waals surface area contributed by atoms with Gasteiger partial charge in [-0.05, 0) is 37.5 Å². The van der Waals surface area contributed by atoms with Crippen LogP contribution in [0.15, 0.2) is 16.6 Å². The first-order valence-electron chi connectivity index (χ1n) is 6.36. The van der Waals surface area contributed by atoms with Crippen molar-refractivity contribution in [2.75, 3.05) is 13.2 Å². The average Bonchev–Trinajstić information content (AvgIpc) is 2.84. The van der Waals surface area contributed by atoms with Gasteiger partial charge < -0.3 is 14.6 Å². The van der Waals surface area contributed by atoms with E-state index < -0.39 is 5.97 Å². The lowest BCUT2D eigenvalue weighted by Gasteiger charge is -2.14. The van der Waals surface area contributed by atoms with Crippen LogP contribution in [0.25, 0.3) is 0 Å². The molecule has 2 rings (SSSR count). The number of aromatic carboxylic acids is 1. The first-order chi connectivity index (χ1) is 9.08. The minimum absolute atomic E-state index is 0.194. The quantitative estimate of drug-likeness (QED) is 0.899. The standard InChI is InChI=1S/C14H17BrO4/c1-9-7-10(15)8-12(14(16)17)13(9)19-6-4-11-3-2-5-18-11/h7-8,11H,2-6H2,1H3,(H,16,17). The van der Waals surface area contributed by atoms with Crippen LogP contribution in [-0.4, -0.2) is 30.4 Å². The molecule has 0 bridgehead atoms. The molecule has 1 aliphatic heterocycles. The van der Waals surface area contributed by atoms with Crippen molar-refractivity contribution in [3.05, 3.63) is 27.7 Å². The zero-order valence-electron chi connectivity index (χ0n) is 10.8. The number of ether oxygens (including phenoxy) is 2. The van der Waals surface area contributed by atoms with E-state index in [-0.39, 0.29) is 11.7 Å². The van der Waals surface area contributed by atoms with Crippen LogP contribution in [0.2, 0.25) is 0 Å². The molecular formula is C14H17BrO4. The molecule has 0 radical (unpaired) electrons. The zero-order valence-corrected chi connectivity index (χ0v) is 12.4. The van der Waals surface area contributed by atoms with Gasteiger partial charge in [-0.25, -0.2) is 4.79 Å². The lowest BCUT2D eigenvalue weighted by Crippen LogP contribution is -2.12. The topological polar surface area (TPSA) is 55.8 Å². The van der Waals surface area contributed by atoms with Crippen LogP contribution in [0.4, 0.5) is 0 Å². The number of aryl methyl sites for hydroxylation is 1. The summed E-state index contributed by atoms with van der Waals surface area (Å²) in [7, 11) is 0. The molecule has 1 N–H and O–H groups in total. The average molecular weight is 329 g/mol. The largest absolute Gasteiger partial charge is 0.492 e. The van der Waals surface area contributed by atoms with Crippen LogP contribution in [0.5, 0.6) is 5.75 Å². The van der Waals surface area contributed by atoms with Gasteiger partial charge in [0.25, 0.3) is 0 Å². The summed E-state index contributed by atoms with van der Waals surface area (Å²) in [5.74, 6) is -0.523. The first-order valence-corrected chi connectivity index (χ1v) is 7.15. The number of carbonyl (C=O) groups is 1. The normalized spacial score (nSPS) is 18.5. The molecule has 1 fully saturated rings. The van der Waals surface area contributed by atoms with E-state index in [1.54, 1.807) is 6.07 Å². The lowest BCUT2D eigenvalue weighted by molar-refractivity contribution is 0.0688. The maximum Gasteiger partial charge on any atom is 0.339 e. The minimum Gasteiger partial charge on any atom is -0.492 e. The Labute approximate surface area is 120 Å². The van der Waals surface area contributed by atoms with Crippen molar-refractivity contribution in [1.82, 2.24) is 0 Å². The Morgan fingerprint density at radius 1 is 1.58 bits per heavy atom. The smallest absolute Gasteiger partial charge is 0.339 e. The number of halogens is 1. The summed E-state index contributed by atoms with van der Waals surface area (Å²) in [5, 5.41) is 9.20. The van der Waals surface area contributed by atoms with Crippen LogP contribution < -0.4 is 4.74 Å². The predicted molar refractivity (Wildman–Crippen MR) is 74.9 cm³/mol. The summed E-state index contributed by atoms with van der Waals surface area (Å²) in [6.45, 7) is 3.15. The van der Waals surface area contributed by atoms with Gasteiger partial charge in [-0.3, -0.25) is 0 Å². The van der Waals surface area contributed by atoms with Gasteiger partial charge in [0, 0.05) is 17.5 Å². The van der Waals surface area contributed by atoms with Gasteiger partial charge in [0.2, 0.25) is 0 Å². The first kappa shape index (κ1) is 14.3. The molecule has 5 heteroatoms. The molecule has 1 saturated heterocycles. The molecule has 1 heterocycles. The van der Waals surface area contributed by atoms with Gasteiger partial charge in [0.15, 0.2) is 0 Å². The highest BCUT2D eigenvalue weighted by Crippen LogP contribution is 2.28. The predicted octanol–water partition coefficient (Wildman–Crippen LogP) is 3.40. The van der Waals surface area contributed by atoms with Gasteiger partial charge in [0.05, 0.1) is 12.7 Å². The number of carboxylic acids is 1. The van der Waals surface area contributed by atoms with Crippen molar-refractivity contribution >= 4 is 21.9 Å². The third kappa shape index (κ3) is 3.70. The SMILES string of the molecule is Cc1cc(Br)cc(C(=O)O)c1OCCC1CCCO1. The van der Waals surface area contributed by atoms with Crippen LogP contribution in [-0.2, 0) is 4.74 Å². The van der Waals surface area contributed by atoms with E-state index in [0.717, 1.165) is 35.9 Å². The van der Waals surface area contributed by atoms with E-state index in [1.807, 2.05) is 13.0 Å². The van der Waals surface area contributed by atoms with Gasteiger partial charge in [-0.15, -0.1) is 0 Å². The second kappa shape index (κ2) is 6.39. The summed E-state index contributed by atoms with van der Waals surface area (Å²) in [6.07, 6.45) is 3.22. The molecule has 0 aromatic heterocycles. The molecule has 1 atom stereocenters. The lowest BCUT2D eigenvalue weighted by atomic mass is 10.1. The highest BCUT2D eigenvalue weighted by Gasteiger charge is 2.18. The fourth-order valence-corrected chi connectivity index (χ4v) is 2.82. The maximum absolute atomic E-state index is 11.2. The monoisotopic (exact) mass is 328 g/mol. The second-order valence-electron chi connectivity index (χ2n) is 4.68. The number of benzene rings is 1. The van der Waals surface area contributed by atoms with E-state index in [9.17, 15) is 9.90 Å². The van der Waals surface area contributed by atoms with Gasteiger partial charge in [-0.1, -0.05) is 15.9 Å². The van der Waals surface area contributed by atoms with E-state index in [0.29, 0.717) is 12.4 Å². The van der Waals surface area contributed by atoms with Crippen molar-refractivity contribution in [2.24, 2.45) is 0 Å². The Bertz CT molecular complexity index is 467. The van der Waals surface area contributed by atoms with Crippen LogP contribution >= 0.6 is 15.9 Å². The Hall–Kier alpha value is -1.07. The molecular weight excluding hydrogens is 312 g/mol. The molecule has 0 spiro atoms. The molecule has 4 nitrogen and oxygen atoms in total. The van der Waals surface area contributed by atoms with Crippen molar-refractivity contribution in [3.63, 3.8) is 0 Å². The van der Waals surface area contributed by atoms with Crippen molar-refractivity contribution < 1.29 is 19.4 Å². The van der Waals surface area contributed by atoms with E-state index in [4.69, 9.17) is 9.47 Å². The minimum atomic E-state index is -0.975. The molecule has 1 unspecified atom stereocenters. The summed E-state index contributed by atoms with van der Waals surface area (Å²) in [6, 6.07) is 3.42. The van der Waals surface area contributed by atoms with Crippen molar-refractivity contribution in [1.29, 1.82) is 0 Å². The van der Waals surface area contributed by atoms with Gasteiger partial charge in [0.1, 0.15) is 11.3 Å². The molecule has 0 aliphatic carbocycles. The van der Waals surface area contributed by atoms with Crippen LogP contribution in [0.3, 0.4) is 0 Å². The number of hydrogen-bond donors (Lipinski definition) is 1. The van der Waals surface area contributed by atoms with E-state index >= 15 is 0 Å². The molecule has 1 aliphatic rings. The highest BCUT2D eigenvalue weighted by atomic mass is 79.9. The Kier molecular flexibility index (Phi) is 4.82.